The molecule has 3 aromatic rings. The molecule has 0 N–H and O–H groups in total. The van der Waals surface area contributed by atoms with Crippen LogP contribution in [0.1, 0.15) is 36.8 Å². The molecule has 0 fully saturated rings. The number of halogens is 7. The Morgan fingerprint density at radius 3 is 2.35 bits per heavy atom. The number of hydrogen-bond donors (Lipinski definition) is 0. The average Bonchev–Trinajstić information content (AvgIpc) is 3.38. The highest BCUT2D eigenvalue weighted by Gasteiger charge is 2.24. The first kappa shape index (κ1) is 32.7. The van der Waals surface area contributed by atoms with Gasteiger partial charge in [-0.2, -0.15) is 5.10 Å². The molecule has 1 aliphatic heterocycles. The molecule has 1 aromatic heterocycles. The minimum atomic E-state index is -0.750. The number of allylic oxidation sites excluding steroid dienone is 2. The van der Waals surface area contributed by atoms with Crippen LogP contribution in [0.15, 0.2) is 65.7 Å². The number of alkyl halides is 3. The predicted octanol–water partition coefficient (Wildman–Crippen LogP) is 9.37. The van der Waals surface area contributed by atoms with Crippen molar-refractivity contribution in [2.75, 3.05) is 18.5 Å². The molecule has 1 amide bonds. The summed E-state index contributed by atoms with van der Waals surface area (Å²) < 4.78 is 0.743. The summed E-state index contributed by atoms with van der Waals surface area (Å²) in [6.07, 6.45) is 11.4. The monoisotopic (exact) mass is 679 g/mol. The van der Waals surface area contributed by atoms with E-state index < -0.39 is 4.30 Å². The number of carbonyl (C=O) groups excluding carboxylic acids is 1. The second kappa shape index (κ2) is 16.0. The zero-order chi connectivity index (χ0) is 29.2. The van der Waals surface area contributed by atoms with Gasteiger partial charge in [-0.05, 0) is 61.6 Å². The third-order valence-electron chi connectivity index (χ3n) is 5.79. The maximum atomic E-state index is 12.1. The van der Waals surface area contributed by atoms with E-state index in [4.69, 9.17) is 81.2 Å². The molecule has 2 aromatic carbocycles. The molecule has 0 spiro atoms. The van der Waals surface area contributed by atoms with Crippen molar-refractivity contribution in [2.45, 2.75) is 30.0 Å². The number of amides is 1. The Morgan fingerprint density at radius 2 is 1.73 bits per heavy atom. The molecule has 0 saturated carbocycles. The summed E-state index contributed by atoms with van der Waals surface area (Å²) in [5.74, 6) is 0.0139. The summed E-state index contributed by atoms with van der Waals surface area (Å²) in [5.41, 5.74) is 4.76. The van der Waals surface area contributed by atoms with E-state index in [1.807, 2.05) is 18.2 Å². The van der Waals surface area contributed by atoms with E-state index in [1.54, 1.807) is 36.3 Å². The summed E-state index contributed by atoms with van der Waals surface area (Å²) in [4.78, 5) is 22.1. The van der Waals surface area contributed by atoms with Gasteiger partial charge in [-0.25, -0.2) is 9.67 Å². The van der Waals surface area contributed by atoms with Gasteiger partial charge >= 0.3 is 0 Å². The first-order chi connectivity index (χ1) is 19.1. The molecule has 212 valence electrons. The molecule has 0 unspecified atom stereocenters. The molecule has 6 nitrogen and oxygen atoms in total. The van der Waals surface area contributed by atoms with Crippen molar-refractivity contribution >= 4 is 110 Å². The van der Waals surface area contributed by atoms with E-state index >= 15 is 0 Å². The number of anilines is 1. The lowest BCUT2D eigenvalue weighted by Gasteiger charge is -2.20. The number of aliphatic imine (C=N–C) groups is 1. The Kier molecular flexibility index (Phi) is 13.1. The first-order valence-corrected chi connectivity index (χ1v) is 14.8. The van der Waals surface area contributed by atoms with Crippen molar-refractivity contribution in [3.8, 4) is 0 Å². The van der Waals surface area contributed by atoms with Crippen LogP contribution in [0.3, 0.4) is 0 Å². The largest absolute Gasteiger partial charge is 0.313 e. The Hall–Kier alpha value is -1.77. The van der Waals surface area contributed by atoms with E-state index in [0.29, 0.717) is 25.7 Å². The summed E-state index contributed by atoms with van der Waals surface area (Å²) in [6, 6.07) is 10.7. The van der Waals surface area contributed by atoms with Crippen LogP contribution >= 0.6 is 81.2 Å². The number of carbonyl (C=O) groups is 1. The average molecular weight is 683 g/mol. The number of nitrogens with zero attached hydrogens (tertiary/aromatic N) is 5. The fourth-order valence-corrected chi connectivity index (χ4v) is 4.94. The topological polar surface area (TPSA) is 63.4 Å². The van der Waals surface area contributed by atoms with Gasteiger partial charge in [0, 0.05) is 34.4 Å². The van der Waals surface area contributed by atoms with Gasteiger partial charge < -0.3 is 4.90 Å². The summed E-state index contributed by atoms with van der Waals surface area (Å²) in [5, 5.41) is 6.11. The normalized spacial score (nSPS) is 15.2. The van der Waals surface area contributed by atoms with Crippen molar-refractivity contribution in [1.29, 1.82) is 0 Å². The van der Waals surface area contributed by atoms with Crippen molar-refractivity contribution < 1.29 is 4.79 Å². The van der Waals surface area contributed by atoms with Crippen LogP contribution in [0.25, 0.3) is 11.2 Å². The van der Waals surface area contributed by atoms with Crippen molar-refractivity contribution in [2.24, 2.45) is 4.99 Å². The summed E-state index contributed by atoms with van der Waals surface area (Å²) in [6.45, 7) is 0.204. The molecular weight excluding hydrogens is 659 g/mol. The van der Waals surface area contributed by atoms with Crippen LogP contribution in [0, 0.1) is 0 Å². The van der Waals surface area contributed by atoms with E-state index in [2.05, 4.69) is 21.2 Å². The van der Waals surface area contributed by atoms with Gasteiger partial charge in [0.15, 0.2) is 4.30 Å². The third kappa shape index (κ3) is 9.66. The number of fused-ring (bicyclic) bond motifs is 1. The highest BCUT2D eigenvalue weighted by atomic mass is 35.6. The van der Waals surface area contributed by atoms with Gasteiger partial charge in [0.25, 0.3) is 0 Å². The maximum absolute atomic E-state index is 12.1. The number of benzene rings is 2. The third-order valence-corrected chi connectivity index (χ3v) is 6.87. The SMILES string of the molecule is CN1C(=O)CN=C(C2=CCCCC2)c2cc(Cl)ccc21.Cl/C(=C\n1cncn1)c1ccc(Cl)cc1Cl.ClC(Cl)Cl. The number of aromatic nitrogens is 3. The predicted molar refractivity (Wildman–Crippen MR) is 171 cm³/mol. The lowest BCUT2D eigenvalue weighted by molar-refractivity contribution is -0.116. The van der Waals surface area contributed by atoms with Crippen molar-refractivity contribution in [1.82, 2.24) is 14.8 Å². The van der Waals surface area contributed by atoms with E-state index in [1.165, 1.54) is 35.8 Å². The Labute approximate surface area is 268 Å². The van der Waals surface area contributed by atoms with Crippen LogP contribution in [0.5, 0.6) is 0 Å². The smallest absolute Gasteiger partial charge is 0.248 e. The number of benzodiazepines with no additional fused rings is 1. The molecule has 0 atom stereocenters. The Bertz CT molecular complexity index is 1400. The lowest BCUT2D eigenvalue weighted by atomic mass is 9.91. The van der Waals surface area contributed by atoms with Crippen LogP contribution in [-0.2, 0) is 4.79 Å². The van der Waals surface area contributed by atoms with Crippen LogP contribution in [-0.4, -0.2) is 44.3 Å². The van der Waals surface area contributed by atoms with E-state index in [0.717, 1.165) is 29.8 Å². The fraction of sp³-hybridized carbons (Fsp3) is 0.259. The van der Waals surface area contributed by atoms with Crippen LogP contribution < -0.4 is 4.90 Å². The van der Waals surface area contributed by atoms with Crippen molar-refractivity contribution in [3.63, 3.8) is 0 Å². The molecule has 13 heteroatoms. The van der Waals surface area contributed by atoms with Gasteiger partial charge in [0.05, 0.1) is 21.5 Å². The lowest BCUT2D eigenvalue weighted by Crippen LogP contribution is -2.27. The van der Waals surface area contributed by atoms with Gasteiger partial charge in [0.2, 0.25) is 5.91 Å². The Balaban J connectivity index is 0.000000199. The minimum absolute atomic E-state index is 0.0139. The second-order valence-electron chi connectivity index (χ2n) is 8.48. The second-order valence-corrected chi connectivity index (χ2v) is 12.1. The number of hydrogen-bond acceptors (Lipinski definition) is 4. The first-order valence-electron chi connectivity index (χ1n) is 12.0. The van der Waals surface area contributed by atoms with Crippen molar-refractivity contribution in [3.05, 3.63) is 86.9 Å². The molecule has 5 rings (SSSR count). The van der Waals surface area contributed by atoms with Gasteiger partial charge in [0.1, 0.15) is 19.2 Å². The molecule has 1 aliphatic carbocycles. The maximum Gasteiger partial charge on any atom is 0.248 e. The Morgan fingerprint density at radius 1 is 1.02 bits per heavy atom. The highest BCUT2D eigenvalue weighted by Crippen LogP contribution is 2.32. The summed E-state index contributed by atoms with van der Waals surface area (Å²) in [7, 11) is 1.79. The van der Waals surface area contributed by atoms with E-state index in [9.17, 15) is 4.79 Å². The summed E-state index contributed by atoms with van der Waals surface area (Å²) >= 11 is 38.5. The zero-order valence-electron chi connectivity index (χ0n) is 21.2. The zero-order valence-corrected chi connectivity index (χ0v) is 26.5. The van der Waals surface area contributed by atoms with Crippen LogP contribution in [0.4, 0.5) is 5.69 Å². The molecule has 2 heterocycles. The fourth-order valence-electron chi connectivity index (χ4n) is 3.94. The van der Waals surface area contributed by atoms with Gasteiger partial charge in [-0.3, -0.25) is 9.79 Å². The molecule has 2 aliphatic rings. The molecule has 40 heavy (non-hydrogen) atoms. The molecule has 0 radical (unpaired) electrons. The minimum Gasteiger partial charge on any atom is -0.313 e. The number of likely N-dealkylation sites (N-methyl/N-ethyl adjacent to an activating group) is 1. The van der Waals surface area contributed by atoms with Gasteiger partial charge in [-0.1, -0.05) is 93.3 Å². The standard InChI is InChI=1S/C16H17ClN2O.C10H6Cl3N3.CHCl3/c1-19-14-8-7-12(17)9-13(14)16(18-10-15(19)20)11-5-3-2-4-6-11;11-7-1-2-8(9(12)3-7)10(13)4-16-6-14-5-15-16;2-1(3)4/h5,7-9H,2-4,6,10H2,1H3;1-6H;1H/b;10-4-;. The molecular formula is C27H24Cl7N5O. The van der Waals surface area contributed by atoms with Crippen LogP contribution in [0.2, 0.25) is 15.1 Å². The quantitative estimate of drug-likeness (QED) is 0.259. The number of rotatable bonds is 3. The molecule has 0 saturated heterocycles. The molecule has 0 bridgehead atoms. The van der Waals surface area contributed by atoms with E-state index in [-0.39, 0.29) is 12.5 Å². The van der Waals surface area contributed by atoms with Gasteiger partial charge in [-0.15, -0.1) is 0 Å². The highest BCUT2D eigenvalue weighted by molar-refractivity contribution is 6.63.